The predicted octanol–water partition coefficient (Wildman–Crippen LogP) is 3.51. The van der Waals surface area contributed by atoms with E-state index in [1.165, 1.54) is 31.0 Å². The Hall–Kier alpha value is -1.86. The van der Waals surface area contributed by atoms with Crippen molar-refractivity contribution in [2.45, 2.75) is 17.0 Å². The van der Waals surface area contributed by atoms with E-state index < -0.39 is 4.92 Å². The molecule has 2 aromatic rings. The number of ether oxygens (including phenoxy) is 1. The maximum atomic E-state index is 10.7. The number of hydrogen-bond donors (Lipinski definition) is 0. The molecule has 0 atom stereocenters. The van der Waals surface area contributed by atoms with E-state index in [0.29, 0.717) is 21.0 Å². The van der Waals surface area contributed by atoms with Crippen LogP contribution in [0.2, 0.25) is 5.15 Å². The highest BCUT2D eigenvalue weighted by molar-refractivity contribution is 7.99. The Balaban J connectivity index is 2.35. The number of aryl methyl sites for hydroxylation is 1. The number of hydrogen-bond acceptors (Lipinski definition) is 6. The number of benzene rings is 1. The summed E-state index contributed by atoms with van der Waals surface area (Å²) in [6.45, 7) is 1.81. The molecule has 104 valence electrons. The molecule has 0 N–H and O–H groups in total. The SMILES string of the molecule is COc1cc([N+](=O)[O-])ccc1Sc1nc(C)cc(Cl)n1. The third-order valence-corrected chi connectivity index (χ3v) is 3.48. The third-order valence-electron chi connectivity index (χ3n) is 2.36. The van der Waals surface area contributed by atoms with Gasteiger partial charge in [0.2, 0.25) is 0 Å². The fourth-order valence-electron chi connectivity index (χ4n) is 1.50. The molecule has 0 aliphatic heterocycles. The van der Waals surface area contributed by atoms with E-state index in [0.717, 1.165) is 5.69 Å². The van der Waals surface area contributed by atoms with Gasteiger partial charge in [0, 0.05) is 11.8 Å². The normalized spacial score (nSPS) is 10.3. The highest BCUT2D eigenvalue weighted by atomic mass is 35.5. The van der Waals surface area contributed by atoms with Crippen molar-refractivity contribution in [3.05, 3.63) is 45.2 Å². The van der Waals surface area contributed by atoms with Crippen LogP contribution in [0, 0.1) is 17.0 Å². The van der Waals surface area contributed by atoms with E-state index in [4.69, 9.17) is 16.3 Å². The molecule has 1 aromatic heterocycles. The summed E-state index contributed by atoms with van der Waals surface area (Å²) >= 11 is 7.11. The van der Waals surface area contributed by atoms with Gasteiger partial charge >= 0.3 is 0 Å². The zero-order valence-electron chi connectivity index (χ0n) is 10.7. The van der Waals surface area contributed by atoms with Crippen LogP contribution in [0.1, 0.15) is 5.69 Å². The van der Waals surface area contributed by atoms with E-state index in [2.05, 4.69) is 9.97 Å². The summed E-state index contributed by atoms with van der Waals surface area (Å²) in [6.07, 6.45) is 0. The lowest BCUT2D eigenvalue weighted by Crippen LogP contribution is -1.94. The summed E-state index contributed by atoms with van der Waals surface area (Å²) in [5.74, 6) is 0.394. The van der Waals surface area contributed by atoms with E-state index in [1.807, 2.05) is 6.92 Å². The standard InChI is InChI=1S/C12H10ClN3O3S/c1-7-5-11(13)15-12(14-7)20-10-4-3-8(16(17)18)6-9(10)19-2/h3-6H,1-2H3. The predicted molar refractivity (Wildman–Crippen MR) is 75.6 cm³/mol. The highest BCUT2D eigenvalue weighted by Crippen LogP contribution is 2.35. The minimum absolute atomic E-state index is 0.0330. The Kier molecular flexibility index (Phi) is 4.41. The van der Waals surface area contributed by atoms with Crippen molar-refractivity contribution >= 4 is 29.1 Å². The molecule has 0 bridgehead atoms. The van der Waals surface area contributed by atoms with Gasteiger partial charge in [0.1, 0.15) is 10.9 Å². The molecule has 0 unspecified atom stereocenters. The summed E-state index contributed by atoms with van der Waals surface area (Å²) < 4.78 is 5.16. The summed E-state index contributed by atoms with van der Waals surface area (Å²) in [6, 6.07) is 6.02. The molecule has 0 fully saturated rings. The Morgan fingerprint density at radius 2 is 2.10 bits per heavy atom. The van der Waals surface area contributed by atoms with Crippen molar-refractivity contribution < 1.29 is 9.66 Å². The molecule has 2 rings (SSSR count). The van der Waals surface area contributed by atoms with Gasteiger partial charge < -0.3 is 4.74 Å². The molecule has 0 aliphatic carbocycles. The number of rotatable bonds is 4. The smallest absolute Gasteiger partial charge is 0.273 e. The monoisotopic (exact) mass is 311 g/mol. The average Bonchev–Trinajstić information content (AvgIpc) is 2.37. The lowest BCUT2D eigenvalue weighted by molar-refractivity contribution is -0.385. The van der Waals surface area contributed by atoms with Gasteiger partial charge in [-0.25, -0.2) is 9.97 Å². The first-order valence-corrected chi connectivity index (χ1v) is 6.70. The van der Waals surface area contributed by atoms with Gasteiger partial charge in [0.25, 0.3) is 5.69 Å². The molecule has 0 saturated carbocycles. The molecule has 0 aliphatic rings. The van der Waals surface area contributed by atoms with Crippen LogP contribution in [0.4, 0.5) is 5.69 Å². The number of aromatic nitrogens is 2. The van der Waals surface area contributed by atoms with E-state index in [9.17, 15) is 10.1 Å². The van der Waals surface area contributed by atoms with Crippen molar-refractivity contribution in [1.29, 1.82) is 0 Å². The molecule has 1 heterocycles. The molecule has 0 spiro atoms. The fourth-order valence-corrected chi connectivity index (χ4v) is 2.70. The van der Waals surface area contributed by atoms with Gasteiger partial charge in [-0.1, -0.05) is 11.6 Å². The second-order valence-corrected chi connectivity index (χ2v) is 5.21. The molecule has 0 radical (unpaired) electrons. The van der Waals surface area contributed by atoms with Crippen LogP contribution in [0.25, 0.3) is 0 Å². The molecule has 0 amide bonds. The summed E-state index contributed by atoms with van der Waals surface area (Å²) in [5, 5.41) is 11.5. The van der Waals surface area contributed by atoms with Crippen molar-refractivity contribution in [3.63, 3.8) is 0 Å². The van der Waals surface area contributed by atoms with Gasteiger partial charge in [-0.15, -0.1) is 0 Å². The Labute approximate surface area is 124 Å². The van der Waals surface area contributed by atoms with Gasteiger partial charge in [-0.3, -0.25) is 10.1 Å². The van der Waals surface area contributed by atoms with Gasteiger partial charge in [-0.2, -0.15) is 0 Å². The molecule has 20 heavy (non-hydrogen) atoms. The second-order valence-electron chi connectivity index (χ2n) is 3.81. The van der Waals surface area contributed by atoms with Crippen LogP contribution in [-0.2, 0) is 0 Å². The number of halogens is 1. The minimum Gasteiger partial charge on any atom is -0.495 e. The molecule has 1 aromatic carbocycles. The topological polar surface area (TPSA) is 78.2 Å². The Morgan fingerprint density at radius 1 is 1.35 bits per heavy atom. The van der Waals surface area contributed by atoms with Crippen molar-refractivity contribution in [2.75, 3.05) is 7.11 Å². The quantitative estimate of drug-likeness (QED) is 0.372. The molecule has 8 heteroatoms. The summed E-state index contributed by atoms with van der Waals surface area (Å²) in [4.78, 5) is 19.3. The lowest BCUT2D eigenvalue weighted by atomic mass is 10.3. The van der Waals surface area contributed by atoms with Gasteiger partial charge in [0.05, 0.1) is 23.0 Å². The van der Waals surface area contributed by atoms with Crippen LogP contribution in [0.3, 0.4) is 0 Å². The van der Waals surface area contributed by atoms with Gasteiger partial charge in [-0.05, 0) is 30.8 Å². The number of nitro benzene ring substituents is 1. The van der Waals surface area contributed by atoms with E-state index in [-0.39, 0.29) is 5.69 Å². The van der Waals surface area contributed by atoms with E-state index >= 15 is 0 Å². The number of methoxy groups -OCH3 is 1. The fraction of sp³-hybridized carbons (Fsp3) is 0.167. The molecular weight excluding hydrogens is 302 g/mol. The van der Waals surface area contributed by atoms with Crippen LogP contribution >= 0.6 is 23.4 Å². The highest BCUT2D eigenvalue weighted by Gasteiger charge is 2.13. The van der Waals surface area contributed by atoms with Gasteiger partial charge in [0.15, 0.2) is 5.16 Å². The second kappa shape index (κ2) is 6.06. The number of nitro groups is 1. The molecule has 6 nitrogen and oxygen atoms in total. The Morgan fingerprint density at radius 3 is 2.70 bits per heavy atom. The summed E-state index contributed by atoms with van der Waals surface area (Å²) in [7, 11) is 1.45. The van der Waals surface area contributed by atoms with Crippen LogP contribution in [0.15, 0.2) is 34.3 Å². The maximum absolute atomic E-state index is 10.7. The molecule has 0 saturated heterocycles. The molecular formula is C12H10ClN3O3S. The first kappa shape index (κ1) is 14.5. The van der Waals surface area contributed by atoms with Crippen LogP contribution < -0.4 is 4.74 Å². The van der Waals surface area contributed by atoms with E-state index in [1.54, 1.807) is 12.1 Å². The largest absolute Gasteiger partial charge is 0.495 e. The van der Waals surface area contributed by atoms with Crippen molar-refractivity contribution in [2.24, 2.45) is 0 Å². The van der Waals surface area contributed by atoms with Crippen molar-refractivity contribution in [3.8, 4) is 5.75 Å². The van der Waals surface area contributed by atoms with Crippen LogP contribution in [-0.4, -0.2) is 22.0 Å². The maximum Gasteiger partial charge on any atom is 0.273 e. The first-order chi connectivity index (χ1) is 9.49. The number of non-ortho nitro benzene ring substituents is 1. The minimum atomic E-state index is -0.475. The third kappa shape index (κ3) is 3.37. The first-order valence-electron chi connectivity index (χ1n) is 5.51. The number of nitrogens with zero attached hydrogens (tertiary/aromatic N) is 3. The Bertz CT molecular complexity index is 646. The lowest BCUT2D eigenvalue weighted by Gasteiger charge is -2.07. The summed E-state index contributed by atoms with van der Waals surface area (Å²) in [5.41, 5.74) is 0.711. The van der Waals surface area contributed by atoms with Crippen molar-refractivity contribution in [1.82, 2.24) is 9.97 Å². The average molecular weight is 312 g/mol. The zero-order valence-corrected chi connectivity index (χ0v) is 12.2. The van der Waals surface area contributed by atoms with Crippen LogP contribution in [0.5, 0.6) is 5.75 Å². The zero-order chi connectivity index (χ0) is 14.7.